The number of nitrogen functional groups attached to an aromatic ring is 1. The molecule has 0 aliphatic rings. The third-order valence-corrected chi connectivity index (χ3v) is 6.29. The molecule has 3 rings (SSSR count). The van der Waals surface area contributed by atoms with Crippen molar-refractivity contribution in [3.8, 4) is 10.4 Å². The van der Waals surface area contributed by atoms with Crippen LogP contribution in [0.15, 0.2) is 60.0 Å². The zero-order valence-corrected chi connectivity index (χ0v) is 19.2. The average Bonchev–Trinajstić information content (AvgIpc) is 3.30. The van der Waals surface area contributed by atoms with Crippen molar-refractivity contribution in [3.63, 3.8) is 0 Å². The molecule has 1 heterocycles. The normalized spacial score (nSPS) is 12.6. The van der Waals surface area contributed by atoms with Gasteiger partial charge in [-0.1, -0.05) is 26.0 Å². The summed E-state index contributed by atoms with van der Waals surface area (Å²) < 4.78 is 0. The Labute approximate surface area is 191 Å². The number of anilines is 3. The lowest BCUT2D eigenvalue weighted by molar-refractivity contribution is -0.122. The zero-order valence-electron chi connectivity index (χ0n) is 18.3. The number of hydrogen-bond acceptors (Lipinski definition) is 5. The molecule has 2 amide bonds. The fraction of sp³-hybridized carbons (Fsp3) is 0.240. The number of ketones is 1. The van der Waals surface area contributed by atoms with Crippen LogP contribution in [0.5, 0.6) is 0 Å². The molecule has 7 heteroatoms. The number of amides is 2. The first kappa shape index (κ1) is 23.2. The molecule has 0 saturated heterocycles. The number of carbonyl (C=O) groups is 3. The number of nitrogens with one attached hydrogen (secondary N) is 2. The summed E-state index contributed by atoms with van der Waals surface area (Å²) in [7, 11) is 0. The Morgan fingerprint density at radius 3 is 2.31 bits per heavy atom. The van der Waals surface area contributed by atoms with Crippen LogP contribution in [-0.4, -0.2) is 17.6 Å². The van der Waals surface area contributed by atoms with Crippen LogP contribution in [0.1, 0.15) is 37.6 Å². The molecule has 0 radical (unpaired) electrons. The third kappa shape index (κ3) is 5.82. The Bertz CT molecular complexity index is 1110. The summed E-state index contributed by atoms with van der Waals surface area (Å²) in [6, 6.07) is 16.2. The molecule has 1 aromatic heterocycles. The van der Waals surface area contributed by atoms with Gasteiger partial charge in [0.15, 0.2) is 0 Å². The van der Waals surface area contributed by atoms with Crippen LogP contribution in [0.3, 0.4) is 0 Å². The predicted octanol–water partition coefficient (Wildman–Crippen LogP) is 5.44. The number of carbonyl (C=O) groups excluding carboxylic acids is 3. The summed E-state index contributed by atoms with van der Waals surface area (Å²) >= 11 is 1.61. The Morgan fingerprint density at radius 2 is 1.69 bits per heavy atom. The first-order valence-corrected chi connectivity index (χ1v) is 11.3. The summed E-state index contributed by atoms with van der Waals surface area (Å²) in [6.45, 7) is 5.15. The quantitative estimate of drug-likeness (QED) is 0.399. The fourth-order valence-corrected chi connectivity index (χ4v) is 3.95. The van der Waals surface area contributed by atoms with Gasteiger partial charge in [-0.25, -0.2) is 0 Å². The number of nitrogens with two attached hydrogens (primary N) is 1. The van der Waals surface area contributed by atoms with Crippen molar-refractivity contribution in [1.29, 1.82) is 0 Å². The number of Topliss-reactive ketones (excluding diaryl/α,β-unsaturated/α-hetero) is 1. The molecule has 0 spiro atoms. The van der Waals surface area contributed by atoms with Crippen LogP contribution < -0.4 is 16.4 Å². The van der Waals surface area contributed by atoms with Crippen molar-refractivity contribution in [2.75, 3.05) is 16.4 Å². The Hall–Kier alpha value is -3.45. The lowest BCUT2D eigenvalue weighted by atomic mass is 9.94. The van der Waals surface area contributed by atoms with E-state index in [9.17, 15) is 14.4 Å². The average molecular weight is 450 g/mol. The van der Waals surface area contributed by atoms with Crippen LogP contribution in [0, 0.1) is 11.8 Å². The van der Waals surface area contributed by atoms with Crippen LogP contribution in [0.25, 0.3) is 10.4 Å². The summed E-state index contributed by atoms with van der Waals surface area (Å²) in [5.41, 5.74) is 9.10. The zero-order chi connectivity index (χ0) is 23.3. The summed E-state index contributed by atoms with van der Waals surface area (Å²) in [4.78, 5) is 37.6. The maximum absolute atomic E-state index is 12.7. The van der Waals surface area contributed by atoms with Crippen molar-refractivity contribution in [1.82, 2.24) is 0 Å². The first-order chi connectivity index (χ1) is 15.2. The van der Waals surface area contributed by atoms with Gasteiger partial charge in [-0.05, 0) is 66.8 Å². The topological polar surface area (TPSA) is 101 Å². The van der Waals surface area contributed by atoms with Gasteiger partial charge in [0.05, 0.1) is 11.4 Å². The maximum Gasteiger partial charge on any atom is 0.255 e. The van der Waals surface area contributed by atoms with E-state index < -0.39 is 0 Å². The molecule has 0 aliphatic heterocycles. The van der Waals surface area contributed by atoms with Gasteiger partial charge in [0.25, 0.3) is 5.91 Å². The molecule has 0 saturated carbocycles. The van der Waals surface area contributed by atoms with Crippen LogP contribution >= 0.6 is 11.3 Å². The lowest BCUT2D eigenvalue weighted by Crippen LogP contribution is -2.24. The van der Waals surface area contributed by atoms with Crippen molar-refractivity contribution >= 4 is 46.0 Å². The molecule has 2 atom stereocenters. The van der Waals surface area contributed by atoms with Gasteiger partial charge in [0.1, 0.15) is 5.78 Å². The van der Waals surface area contributed by atoms with Gasteiger partial charge in [-0.15, -0.1) is 11.3 Å². The van der Waals surface area contributed by atoms with E-state index >= 15 is 0 Å². The van der Waals surface area contributed by atoms with E-state index in [0.29, 0.717) is 29.0 Å². The SMILES string of the molecule is CC(=O)C(C)CC(C)C(=O)Nc1ccc(C(=O)Nc2cc(-c3cccs3)ccc2N)cc1. The smallest absolute Gasteiger partial charge is 0.255 e. The monoisotopic (exact) mass is 449 g/mol. The van der Waals surface area contributed by atoms with Gasteiger partial charge >= 0.3 is 0 Å². The predicted molar refractivity (Wildman–Crippen MR) is 131 cm³/mol. The van der Waals surface area contributed by atoms with Crippen molar-refractivity contribution in [3.05, 3.63) is 65.5 Å². The Balaban J connectivity index is 1.64. The third-order valence-electron chi connectivity index (χ3n) is 5.37. The van der Waals surface area contributed by atoms with Crippen molar-refractivity contribution in [2.24, 2.45) is 11.8 Å². The second-order valence-corrected chi connectivity index (χ2v) is 8.90. The van der Waals surface area contributed by atoms with E-state index in [1.807, 2.05) is 36.6 Å². The first-order valence-electron chi connectivity index (χ1n) is 10.4. The molecular formula is C25H27N3O3S. The van der Waals surface area contributed by atoms with Crippen LogP contribution in [-0.2, 0) is 9.59 Å². The van der Waals surface area contributed by atoms with Gasteiger partial charge in [-0.2, -0.15) is 0 Å². The van der Waals surface area contributed by atoms with Gasteiger partial charge < -0.3 is 16.4 Å². The molecule has 2 unspecified atom stereocenters. The van der Waals surface area contributed by atoms with Gasteiger partial charge in [0.2, 0.25) is 5.91 Å². The van der Waals surface area contributed by atoms with E-state index in [1.165, 1.54) is 6.92 Å². The number of benzene rings is 2. The van der Waals surface area contributed by atoms with E-state index in [1.54, 1.807) is 48.6 Å². The van der Waals surface area contributed by atoms with E-state index in [0.717, 1.165) is 10.4 Å². The standard InChI is InChI=1S/C25H27N3O3S/c1-15(17(3)29)13-16(2)24(30)27-20-9-6-18(7-10-20)25(31)28-22-14-19(8-11-21(22)26)23-5-4-12-32-23/h4-12,14-16H,13,26H2,1-3H3,(H,27,30)(H,28,31). The molecule has 2 aromatic carbocycles. The Morgan fingerprint density at radius 1 is 0.969 bits per heavy atom. The highest BCUT2D eigenvalue weighted by atomic mass is 32.1. The minimum Gasteiger partial charge on any atom is -0.397 e. The molecular weight excluding hydrogens is 422 g/mol. The number of rotatable bonds is 8. The Kier molecular flexibility index (Phi) is 7.43. The van der Waals surface area contributed by atoms with E-state index in [2.05, 4.69) is 10.6 Å². The maximum atomic E-state index is 12.7. The van der Waals surface area contributed by atoms with E-state index in [-0.39, 0.29) is 29.4 Å². The minimum atomic E-state index is -0.296. The summed E-state index contributed by atoms with van der Waals surface area (Å²) in [5.74, 6) is -0.834. The highest BCUT2D eigenvalue weighted by Gasteiger charge is 2.19. The largest absolute Gasteiger partial charge is 0.397 e. The number of hydrogen-bond donors (Lipinski definition) is 3. The molecule has 166 valence electrons. The molecule has 0 aliphatic carbocycles. The molecule has 4 N–H and O–H groups in total. The molecule has 0 fully saturated rings. The molecule has 3 aromatic rings. The van der Waals surface area contributed by atoms with Crippen LogP contribution in [0.2, 0.25) is 0 Å². The fourth-order valence-electron chi connectivity index (χ4n) is 3.23. The van der Waals surface area contributed by atoms with Crippen LogP contribution in [0.4, 0.5) is 17.1 Å². The second-order valence-electron chi connectivity index (χ2n) is 7.95. The number of thiophene rings is 1. The molecule has 32 heavy (non-hydrogen) atoms. The highest BCUT2D eigenvalue weighted by Crippen LogP contribution is 2.30. The van der Waals surface area contributed by atoms with E-state index in [4.69, 9.17) is 5.73 Å². The summed E-state index contributed by atoms with van der Waals surface area (Å²) in [6.07, 6.45) is 0.494. The van der Waals surface area contributed by atoms with Gasteiger partial charge in [-0.3, -0.25) is 14.4 Å². The van der Waals surface area contributed by atoms with Crippen molar-refractivity contribution < 1.29 is 14.4 Å². The van der Waals surface area contributed by atoms with Crippen molar-refractivity contribution in [2.45, 2.75) is 27.2 Å². The lowest BCUT2D eigenvalue weighted by Gasteiger charge is -2.15. The molecule has 0 bridgehead atoms. The highest BCUT2D eigenvalue weighted by molar-refractivity contribution is 7.13. The second kappa shape index (κ2) is 10.2. The summed E-state index contributed by atoms with van der Waals surface area (Å²) in [5, 5.41) is 7.69. The van der Waals surface area contributed by atoms with Gasteiger partial charge in [0, 0.05) is 28.0 Å². The molecule has 6 nitrogen and oxygen atoms in total. The minimum absolute atomic E-state index is 0.0709.